The molecule has 6 heteroatoms. The van der Waals surface area contributed by atoms with Crippen LogP contribution in [0.2, 0.25) is 0 Å². The lowest BCUT2D eigenvalue weighted by Crippen LogP contribution is -2.32. The van der Waals surface area contributed by atoms with E-state index in [0.29, 0.717) is 0 Å². The Balaban J connectivity index is 1.94. The number of carbonyl (C=O) groups excluding carboxylic acids is 1. The van der Waals surface area contributed by atoms with E-state index in [-0.39, 0.29) is 23.9 Å². The number of halogens is 3. The number of alkyl halides is 3. The van der Waals surface area contributed by atoms with Gasteiger partial charge in [0.25, 0.3) is 0 Å². The SMILES string of the molecule is O=C(NC[C@@H](O)c1cccc(C(F)(F)F)c1)C1CCCC1. The summed E-state index contributed by atoms with van der Waals surface area (Å²) in [6.07, 6.45) is -1.86. The number of hydrogen-bond donors (Lipinski definition) is 2. The van der Waals surface area contributed by atoms with Crippen molar-refractivity contribution >= 4 is 5.91 Å². The van der Waals surface area contributed by atoms with Crippen LogP contribution in [0.4, 0.5) is 13.2 Å². The smallest absolute Gasteiger partial charge is 0.387 e. The molecule has 2 N–H and O–H groups in total. The van der Waals surface area contributed by atoms with E-state index >= 15 is 0 Å². The molecule has 3 nitrogen and oxygen atoms in total. The highest BCUT2D eigenvalue weighted by Crippen LogP contribution is 2.30. The fourth-order valence-electron chi connectivity index (χ4n) is 2.57. The van der Waals surface area contributed by atoms with Gasteiger partial charge in [-0.3, -0.25) is 4.79 Å². The highest BCUT2D eigenvalue weighted by atomic mass is 19.4. The lowest BCUT2D eigenvalue weighted by Gasteiger charge is -2.16. The minimum absolute atomic E-state index is 0.0290. The van der Waals surface area contributed by atoms with Gasteiger partial charge in [-0.15, -0.1) is 0 Å². The maximum Gasteiger partial charge on any atom is 0.416 e. The molecule has 0 aromatic heterocycles. The molecule has 116 valence electrons. The number of aliphatic hydroxyl groups excluding tert-OH is 1. The van der Waals surface area contributed by atoms with Crippen molar-refractivity contribution in [1.82, 2.24) is 5.32 Å². The zero-order valence-corrected chi connectivity index (χ0v) is 11.5. The predicted octanol–water partition coefficient (Wildman–Crippen LogP) is 3.05. The Morgan fingerprint density at radius 1 is 1.33 bits per heavy atom. The van der Waals surface area contributed by atoms with Crippen molar-refractivity contribution in [3.05, 3.63) is 35.4 Å². The zero-order chi connectivity index (χ0) is 15.5. The maximum atomic E-state index is 12.6. The van der Waals surface area contributed by atoms with Crippen LogP contribution in [0.15, 0.2) is 24.3 Å². The molecular weight excluding hydrogens is 283 g/mol. The van der Waals surface area contributed by atoms with Crippen molar-refractivity contribution in [1.29, 1.82) is 0 Å². The first-order chi connectivity index (χ1) is 9.88. The Hall–Kier alpha value is -1.56. The van der Waals surface area contributed by atoms with Crippen LogP contribution >= 0.6 is 0 Å². The first-order valence-electron chi connectivity index (χ1n) is 7.01. The number of nitrogens with one attached hydrogen (secondary N) is 1. The summed E-state index contributed by atoms with van der Waals surface area (Å²) in [7, 11) is 0. The molecule has 0 aliphatic heterocycles. The Morgan fingerprint density at radius 2 is 2.00 bits per heavy atom. The number of amides is 1. The van der Waals surface area contributed by atoms with Gasteiger partial charge in [-0.2, -0.15) is 13.2 Å². The van der Waals surface area contributed by atoms with Gasteiger partial charge < -0.3 is 10.4 Å². The minimum Gasteiger partial charge on any atom is -0.387 e. The summed E-state index contributed by atoms with van der Waals surface area (Å²) in [6, 6.07) is 4.53. The summed E-state index contributed by atoms with van der Waals surface area (Å²) >= 11 is 0. The summed E-state index contributed by atoms with van der Waals surface area (Å²) in [4.78, 5) is 11.8. The van der Waals surface area contributed by atoms with Crippen molar-refractivity contribution in [3.8, 4) is 0 Å². The number of carbonyl (C=O) groups is 1. The molecule has 1 aliphatic rings. The molecule has 1 aromatic carbocycles. The van der Waals surface area contributed by atoms with Crippen LogP contribution in [-0.4, -0.2) is 17.6 Å². The standard InChI is InChI=1S/C15H18F3NO2/c16-15(17,18)12-7-3-6-11(8-12)13(20)9-19-14(21)10-4-1-2-5-10/h3,6-8,10,13,20H,1-2,4-5,9H2,(H,19,21)/t13-/m1/s1. The fourth-order valence-corrected chi connectivity index (χ4v) is 2.57. The molecule has 1 fully saturated rings. The van der Waals surface area contributed by atoms with Crippen molar-refractivity contribution in [2.75, 3.05) is 6.54 Å². The van der Waals surface area contributed by atoms with E-state index in [0.717, 1.165) is 37.8 Å². The van der Waals surface area contributed by atoms with E-state index in [1.54, 1.807) is 0 Å². The summed E-state index contributed by atoms with van der Waals surface area (Å²) in [6.45, 7) is -0.0728. The molecule has 1 amide bonds. The second-order valence-electron chi connectivity index (χ2n) is 5.37. The van der Waals surface area contributed by atoms with Gasteiger partial charge in [0.1, 0.15) is 0 Å². The molecule has 0 saturated heterocycles. The highest BCUT2D eigenvalue weighted by Gasteiger charge is 2.31. The molecule has 21 heavy (non-hydrogen) atoms. The second-order valence-corrected chi connectivity index (χ2v) is 5.37. The quantitative estimate of drug-likeness (QED) is 0.898. The molecule has 1 saturated carbocycles. The Morgan fingerprint density at radius 3 is 2.62 bits per heavy atom. The molecule has 0 bridgehead atoms. The summed E-state index contributed by atoms with van der Waals surface area (Å²) in [5.74, 6) is -0.155. The van der Waals surface area contributed by atoms with Crippen LogP contribution in [0.25, 0.3) is 0 Å². The maximum absolute atomic E-state index is 12.6. The van der Waals surface area contributed by atoms with Crippen LogP contribution in [-0.2, 0) is 11.0 Å². The average Bonchev–Trinajstić information content (AvgIpc) is 2.98. The first-order valence-corrected chi connectivity index (χ1v) is 7.01. The fraction of sp³-hybridized carbons (Fsp3) is 0.533. The molecule has 0 radical (unpaired) electrons. The number of hydrogen-bond acceptors (Lipinski definition) is 2. The molecule has 0 unspecified atom stereocenters. The van der Waals surface area contributed by atoms with Gasteiger partial charge in [-0.25, -0.2) is 0 Å². The first kappa shape index (κ1) is 15.8. The van der Waals surface area contributed by atoms with Crippen LogP contribution in [0.5, 0.6) is 0 Å². The zero-order valence-electron chi connectivity index (χ0n) is 11.5. The third-order valence-electron chi connectivity index (χ3n) is 3.79. The van der Waals surface area contributed by atoms with Crippen LogP contribution in [0.1, 0.15) is 42.9 Å². The number of aliphatic hydroxyl groups is 1. The molecule has 1 aromatic rings. The van der Waals surface area contributed by atoms with Gasteiger partial charge >= 0.3 is 6.18 Å². The normalized spacial score (nSPS) is 17.7. The third kappa shape index (κ3) is 4.20. The van der Waals surface area contributed by atoms with Gasteiger partial charge in [0.05, 0.1) is 11.7 Å². The van der Waals surface area contributed by atoms with Gasteiger partial charge in [-0.05, 0) is 30.5 Å². The molecule has 0 heterocycles. The van der Waals surface area contributed by atoms with Gasteiger partial charge in [-0.1, -0.05) is 25.0 Å². The average molecular weight is 301 g/mol. The van der Waals surface area contributed by atoms with E-state index in [1.807, 2.05) is 0 Å². The second kappa shape index (κ2) is 6.47. The van der Waals surface area contributed by atoms with Crippen molar-refractivity contribution in [3.63, 3.8) is 0 Å². The monoisotopic (exact) mass is 301 g/mol. The van der Waals surface area contributed by atoms with E-state index in [4.69, 9.17) is 0 Å². The van der Waals surface area contributed by atoms with Crippen LogP contribution in [0, 0.1) is 5.92 Å². The lowest BCUT2D eigenvalue weighted by atomic mass is 10.0. The Bertz CT molecular complexity index is 496. The Labute approximate surface area is 121 Å². The third-order valence-corrected chi connectivity index (χ3v) is 3.79. The van der Waals surface area contributed by atoms with Gasteiger partial charge in [0.2, 0.25) is 5.91 Å². The largest absolute Gasteiger partial charge is 0.416 e. The van der Waals surface area contributed by atoms with E-state index < -0.39 is 17.8 Å². The summed E-state index contributed by atoms with van der Waals surface area (Å²) in [5, 5.41) is 12.5. The molecular formula is C15H18F3NO2. The highest BCUT2D eigenvalue weighted by molar-refractivity contribution is 5.78. The van der Waals surface area contributed by atoms with Crippen LogP contribution in [0.3, 0.4) is 0 Å². The van der Waals surface area contributed by atoms with Gasteiger partial charge in [0.15, 0.2) is 0 Å². The molecule has 1 atom stereocenters. The molecule has 0 spiro atoms. The van der Waals surface area contributed by atoms with Crippen molar-refractivity contribution in [2.24, 2.45) is 5.92 Å². The topological polar surface area (TPSA) is 49.3 Å². The number of benzene rings is 1. The van der Waals surface area contributed by atoms with Crippen molar-refractivity contribution < 1.29 is 23.1 Å². The lowest BCUT2D eigenvalue weighted by molar-refractivity contribution is -0.137. The van der Waals surface area contributed by atoms with E-state index in [1.165, 1.54) is 12.1 Å². The summed E-state index contributed by atoms with van der Waals surface area (Å²) < 4.78 is 37.8. The predicted molar refractivity (Wildman–Crippen MR) is 71.4 cm³/mol. The molecule has 1 aliphatic carbocycles. The number of rotatable bonds is 4. The van der Waals surface area contributed by atoms with Crippen molar-refractivity contribution in [2.45, 2.75) is 38.0 Å². The Kier molecular flexibility index (Phi) is 4.88. The van der Waals surface area contributed by atoms with E-state index in [2.05, 4.69) is 5.32 Å². The van der Waals surface area contributed by atoms with Crippen LogP contribution < -0.4 is 5.32 Å². The molecule has 2 rings (SSSR count). The van der Waals surface area contributed by atoms with Gasteiger partial charge in [0, 0.05) is 12.5 Å². The van der Waals surface area contributed by atoms with E-state index in [9.17, 15) is 23.1 Å². The summed E-state index contributed by atoms with van der Waals surface area (Å²) in [5.41, 5.74) is -0.655. The minimum atomic E-state index is -4.44.